The van der Waals surface area contributed by atoms with Gasteiger partial charge in [0.25, 0.3) is 0 Å². The van der Waals surface area contributed by atoms with Crippen LogP contribution in [-0.2, 0) is 9.53 Å². The number of nitrogens with zero attached hydrogens (tertiary/aromatic N) is 1. The van der Waals surface area contributed by atoms with Gasteiger partial charge in [-0.15, -0.1) is 11.8 Å². The highest BCUT2D eigenvalue weighted by atomic mass is 32.2. The summed E-state index contributed by atoms with van der Waals surface area (Å²) in [5.74, 6) is 0.764. The molecule has 0 fully saturated rings. The highest BCUT2D eigenvalue weighted by Crippen LogP contribution is 2.00. The van der Waals surface area contributed by atoms with Crippen LogP contribution in [0.3, 0.4) is 0 Å². The van der Waals surface area contributed by atoms with E-state index >= 15 is 0 Å². The molecule has 0 amide bonds. The van der Waals surface area contributed by atoms with Crippen molar-refractivity contribution in [3.8, 4) is 0 Å². The first-order valence-electron chi connectivity index (χ1n) is 4.25. The van der Waals surface area contributed by atoms with Gasteiger partial charge in [0.2, 0.25) is 0 Å². The molecule has 0 aliphatic heterocycles. The summed E-state index contributed by atoms with van der Waals surface area (Å²) in [6.07, 6.45) is 0. The predicted molar refractivity (Wildman–Crippen MR) is 67.2 cm³/mol. The van der Waals surface area contributed by atoms with Crippen LogP contribution in [-0.4, -0.2) is 42.5 Å². The topological polar surface area (TPSA) is 62.7 Å². The number of carbonyl (C=O) groups is 1. The van der Waals surface area contributed by atoms with E-state index < -0.39 is 0 Å². The highest BCUT2D eigenvalue weighted by molar-refractivity contribution is 8.00. The summed E-state index contributed by atoms with van der Waals surface area (Å²) in [7, 11) is 3.09. The molecule has 0 heterocycles. The largest absolute Gasteiger partial charge is 0.468 e. The fourth-order valence-electron chi connectivity index (χ4n) is 0.575. The third-order valence-corrected chi connectivity index (χ3v) is 2.69. The van der Waals surface area contributed by atoms with Gasteiger partial charge in [0.15, 0.2) is 5.11 Å². The van der Waals surface area contributed by atoms with Crippen molar-refractivity contribution in [3.63, 3.8) is 0 Å². The van der Waals surface area contributed by atoms with E-state index in [1.807, 2.05) is 6.92 Å². The van der Waals surface area contributed by atoms with E-state index in [9.17, 15) is 4.79 Å². The number of thioether (sulfide) groups is 1. The van der Waals surface area contributed by atoms with Crippen molar-refractivity contribution in [1.29, 1.82) is 0 Å². The normalized spacial score (nSPS) is 10.7. The standard InChI is InChI=1S/C8H15N3O2S2/c1-6(10-11-8(14)9-2)4-15-5-7(12)13-3/h4-5H2,1-3H3,(H2,9,11,14)/b10-6+. The maximum Gasteiger partial charge on any atom is 0.315 e. The number of esters is 1. The van der Waals surface area contributed by atoms with Crippen molar-refractivity contribution in [2.45, 2.75) is 6.92 Å². The second-order valence-corrected chi connectivity index (χ2v) is 4.00. The van der Waals surface area contributed by atoms with Crippen LogP contribution in [0.25, 0.3) is 0 Å². The zero-order valence-electron chi connectivity index (χ0n) is 8.99. The van der Waals surface area contributed by atoms with Crippen molar-refractivity contribution in [2.75, 3.05) is 25.7 Å². The van der Waals surface area contributed by atoms with Crippen molar-refractivity contribution in [3.05, 3.63) is 0 Å². The second kappa shape index (κ2) is 8.49. The minimum Gasteiger partial charge on any atom is -0.468 e. The molecule has 5 nitrogen and oxygen atoms in total. The van der Waals surface area contributed by atoms with Gasteiger partial charge in [-0.2, -0.15) is 5.10 Å². The molecular formula is C8H15N3O2S2. The molecule has 0 bridgehead atoms. The lowest BCUT2D eigenvalue weighted by molar-refractivity contribution is -0.137. The Balaban J connectivity index is 3.68. The Bertz CT molecular complexity index is 256. The predicted octanol–water partition coefficient (Wildman–Crippen LogP) is 0.362. The zero-order chi connectivity index (χ0) is 11.7. The number of hydrogen-bond donors (Lipinski definition) is 2. The first-order valence-corrected chi connectivity index (χ1v) is 5.82. The highest BCUT2D eigenvalue weighted by Gasteiger charge is 2.00. The maximum atomic E-state index is 10.8. The fourth-order valence-corrected chi connectivity index (χ4v) is 1.37. The molecule has 7 heteroatoms. The second-order valence-electron chi connectivity index (χ2n) is 2.61. The molecule has 0 aliphatic rings. The monoisotopic (exact) mass is 249 g/mol. The molecule has 0 aromatic heterocycles. The summed E-state index contributed by atoms with van der Waals surface area (Å²) < 4.78 is 4.50. The van der Waals surface area contributed by atoms with Crippen LogP contribution >= 0.6 is 24.0 Å². The number of methoxy groups -OCH3 is 1. The smallest absolute Gasteiger partial charge is 0.315 e. The van der Waals surface area contributed by atoms with E-state index in [0.717, 1.165) is 5.71 Å². The molecular weight excluding hydrogens is 234 g/mol. The molecule has 0 aromatic carbocycles. The van der Waals surface area contributed by atoms with E-state index in [0.29, 0.717) is 16.6 Å². The Morgan fingerprint density at radius 1 is 1.53 bits per heavy atom. The van der Waals surface area contributed by atoms with Crippen LogP contribution in [0.4, 0.5) is 0 Å². The Labute approximate surface area is 99.0 Å². The quantitative estimate of drug-likeness (QED) is 0.317. The van der Waals surface area contributed by atoms with Gasteiger partial charge < -0.3 is 10.1 Å². The van der Waals surface area contributed by atoms with Crippen LogP contribution in [0, 0.1) is 0 Å². The Morgan fingerprint density at radius 3 is 2.73 bits per heavy atom. The maximum absolute atomic E-state index is 10.8. The minimum absolute atomic E-state index is 0.230. The van der Waals surface area contributed by atoms with Gasteiger partial charge in [-0.05, 0) is 19.1 Å². The molecule has 0 saturated carbocycles. The van der Waals surface area contributed by atoms with Crippen molar-refractivity contribution in [1.82, 2.24) is 10.7 Å². The zero-order valence-corrected chi connectivity index (χ0v) is 10.6. The third-order valence-electron chi connectivity index (χ3n) is 1.33. The van der Waals surface area contributed by atoms with E-state index in [4.69, 9.17) is 12.2 Å². The number of hydrazone groups is 1. The molecule has 0 atom stereocenters. The van der Waals surface area contributed by atoms with Crippen LogP contribution in [0.15, 0.2) is 5.10 Å². The van der Waals surface area contributed by atoms with Gasteiger partial charge >= 0.3 is 5.97 Å². The number of hydrogen-bond acceptors (Lipinski definition) is 5. The van der Waals surface area contributed by atoms with Gasteiger partial charge in [-0.3, -0.25) is 10.2 Å². The van der Waals surface area contributed by atoms with Gasteiger partial charge in [0.1, 0.15) is 0 Å². The van der Waals surface area contributed by atoms with Crippen LogP contribution in [0.5, 0.6) is 0 Å². The number of carbonyl (C=O) groups excluding carboxylic acids is 1. The molecule has 86 valence electrons. The number of thiocarbonyl (C=S) groups is 1. The summed E-state index contributed by atoms with van der Waals surface area (Å²) in [6.45, 7) is 1.86. The van der Waals surface area contributed by atoms with Gasteiger partial charge in [0, 0.05) is 18.5 Å². The third kappa shape index (κ3) is 8.19. The lowest BCUT2D eigenvalue weighted by Crippen LogP contribution is -2.29. The molecule has 0 spiro atoms. The summed E-state index contributed by atoms with van der Waals surface area (Å²) in [5, 5.41) is 7.21. The first kappa shape index (κ1) is 14.2. The first-order chi connectivity index (χ1) is 7.10. The molecule has 0 aliphatic carbocycles. The minimum atomic E-state index is -0.230. The molecule has 0 unspecified atom stereocenters. The summed E-state index contributed by atoms with van der Waals surface area (Å²) in [5.41, 5.74) is 3.53. The summed E-state index contributed by atoms with van der Waals surface area (Å²) in [6, 6.07) is 0. The molecule has 2 N–H and O–H groups in total. The van der Waals surface area contributed by atoms with Crippen LogP contribution < -0.4 is 10.7 Å². The van der Waals surface area contributed by atoms with Crippen LogP contribution in [0.1, 0.15) is 6.92 Å². The van der Waals surface area contributed by atoms with Gasteiger partial charge in [0.05, 0.1) is 12.9 Å². The molecule has 0 saturated heterocycles. The fraction of sp³-hybridized carbons (Fsp3) is 0.625. The summed E-state index contributed by atoms with van der Waals surface area (Å²) >= 11 is 6.28. The van der Waals surface area contributed by atoms with Gasteiger partial charge in [-0.1, -0.05) is 0 Å². The lowest BCUT2D eigenvalue weighted by Gasteiger charge is -2.03. The van der Waals surface area contributed by atoms with E-state index in [1.54, 1.807) is 7.05 Å². The average molecular weight is 249 g/mol. The number of rotatable bonds is 5. The SMILES string of the molecule is CNC(=S)N/N=C(\C)CSCC(=O)OC. The molecule has 0 rings (SSSR count). The number of nitrogens with one attached hydrogen (secondary N) is 2. The van der Waals surface area contributed by atoms with Crippen molar-refractivity contribution >= 4 is 40.8 Å². The van der Waals surface area contributed by atoms with E-state index in [1.165, 1.54) is 18.9 Å². The van der Waals surface area contributed by atoms with Crippen molar-refractivity contribution in [2.24, 2.45) is 5.10 Å². The Kier molecular flexibility index (Phi) is 8.02. The van der Waals surface area contributed by atoms with E-state index in [2.05, 4.69) is 20.6 Å². The molecule has 0 aromatic rings. The van der Waals surface area contributed by atoms with Crippen molar-refractivity contribution < 1.29 is 9.53 Å². The Morgan fingerprint density at radius 2 is 2.20 bits per heavy atom. The lowest BCUT2D eigenvalue weighted by atomic mass is 10.5. The summed E-state index contributed by atoms with van der Waals surface area (Å²) in [4.78, 5) is 10.8. The molecule has 0 radical (unpaired) electrons. The molecule has 15 heavy (non-hydrogen) atoms. The van der Waals surface area contributed by atoms with Gasteiger partial charge in [-0.25, -0.2) is 0 Å². The van der Waals surface area contributed by atoms with Crippen LogP contribution in [0.2, 0.25) is 0 Å². The Hall–Kier alpha value is -0.820. The van der Waals surface area contributed by atoms with E-state index in [-0.39, 0.29) is 5.97 Å². The number of ether oxygens (including phenoxy) is 1. The average Bonchev–Trinajstić information content (AvgIpc) is 2.25.